The van der Waals surface area contributed by atoms with Gasteiger partial charge in [0.25, 0.3) is 0 Å². The fourth-order valence-electron chi connectivity index (χ4n) is 3.69. The van der Waals surface area contributed by atoms with Gasteiger partial charge in [-0.15, -0.1) is 0 Å². The van der Waals surface area contributed by atoms with E-state index in [1.54, 1.807) is 0 Å². The van der Waals surface area contributed by atoms with Crippen molar-refractivity contribution in [3.8, 4) is 0 Å². The van der Waals surface area contributed by atoms with Crippen molar-refractivity contribution in [2.75, 3.05) is 26.8 Å². The number of rotatable bonds is 4. The van der Waals surface area contributed by atoms with Crippen LogP contribution in [0.3, 0.4) is 0 Å². The summed E-state index contributed by atoms with van der Waals surface area (Å²) in [7, 11) is 2.31. The van der Waals surface area contributed by atoms with Crippen molar-refractivity contribution in [2.24, 2.45) is 5.41 Å². The van der Waals surface area contributed by atoms with E-state index in [0.717, 1.165) is 32.2 Å². The Kier molecular flexibility index (Phi) is 5.27. The Labute approximate surface area is 119 Å². The van der Waals surface area contributed by atoms with E-state index in [2.05, 4.69) is 38.0 Å². The van der Waals surface area contributed by atoms with Gasteiger partial charge in [0, 0.05) is 24.7 Å². The highest BCUT2D eigenvalue weighted by atomic mass is 16.5. The summed E-state index contributed by atoms with van der Waals surface area (Å²) in [5.74, 6) is 0. The Morgan fingerprint density at radius 3 is 2.53 bits per heavy atom. The van der Waals surface area contributed by atoms with Crippen LogP contribution in [0.4, 0.5) is 0 Å². The summed E-state index contributed by atoms with van der Waals surface area (Å²) >= 11 is 0. The molecule has 0 radical (unpaired) electrons. The van der Waals surface area contributed by atoms with Crippen molar-refractivity contribution in [1.29, 1.82) is 0 Å². The Hall–Kier alpha value is -0.120. The van der Waals surface area contributed by atoms with Gasteiger partial charge in [-0.2, -0.15) is 0 Å². The highest BCUT2D eigenvalue weighted by molar-refractivity contribution is 4.91. The second-order valence-electron chi connectivity index (χ2n) is 7.16. The Morgan fingerprint density at radius 1 is 1.21 bits per heavy atom. The van der Waals surface area contributed by atoms with Crippen LogP contribution in [-0.2, 0) is 4.74 Å². The molecule has 2 aliphatic rings. The molecule has 0 aromatic rings. The predicted molar refractivity (Wildman–Crippen MR) is 80.5 cm³/mol. The molecule has 2 atom stereocenters. The third kappa shape index (κ3) is 3.93. The van der Waals surface area contributed by atoms with Crippen molar-refractivity contribution in [3.05, 3.63) is 0 Å². The summed E-state index contributed by atoms with van der Waals surface area (Å²) in [6, 6.07) is 1.92. The van der Waals surface area contributed by atoms with Gasteiger partial charge in [-0.1, -0.05) is 20.8 Å². The van der Waals surface area contributed by atoms with E-state index in [0.29, 0.717) is 17.5 Å². The summed E-state index contributed by atoms with van der Waals surface area (Å²) in [5.41, 5.74) is 0.557. The molecule has 0 amide bonds. The number of hydrogen-bond donors (Lipinski definition) is 1. The first-order valence-electron chi connectivity index (χ1n) is 8.06. The second kappa shape index (κ2) is 6.55. The van der Waals surface area contributed by atoms with Crippen LogP contribution in [0.1, 0.15) is 52.9 Å². The summed E-state index contributed by atoms with van der Waals surface area (Å²) in [6.07, 6.45) is 6.57. The van der Waals surface area contributed by atoms with Crippen LogP contribution in [-0.4, -0.2) is 49.8 Å². The molecule has 0 spiro atoms. The lowest BCUT2D eigenvalue weighted by molar-refractivity contribution is -0.0195. The van der Waals surface area contributed by atoms with Crippen LogP contribution < -0.4 is 5.32 Å². The molecule has 3 nitrogen and oxygen atoms in total. The van der Waals surface area contributed by atoms with E-state index in [1.807, 2.05) is 0 Å². The molecule has 1 saturated heterocycles. The maximum Gasteiger partial charge on any atom is 0.0637 e. The van der Waals surface area contributed by atoms with E-state index >= 15 is 0 Å². The third-order valence-corrected chi connectivity index (χ3v) is 5.20. The molecule has 3 heteroatoms. The van der Waals surface area contributed by atoms with E-state index in [9.17, 15) is 0 Å². The fourth-order valence-corrected chi connectivity index (χ4v) is 3.69. The van der Waals surface area contributed by atoms with Gasteiger partial charge in [-0.25, -0.2) is 0 Å². The largest absolute Gasteiger partial charge is 0.380 e. The number of nitrogens with one attached hydrogen (secondary N) is 1. The number of nitrogens with zero attached hydrogens (tertiary/aromatic N) is 1. The van der Waals surface area contributed by atoms with Crippen molar-refractivity contribution < 1.29 is 4.74 Å². The minimum absolute atomic E-state index is 0.555. The van der Waals surface area contributed by atoms with E-state index < -0.39 is 0 Å². The average molecular weight is 268 g/mol. The molecule has 19 heavy (non-hydrogen) atoms. The lowest BCUT2D eigenvalue weighted by atomic mass is 9.75. The molecule has 0 bridgehead atoms. The Morgan fingerprint density at radius 2 is 1.89 bits per heavy atom. The normalized spacial score (nSPS) is 32.7. The van der Waals surface area contributed by atoms with Gasteiger partial charge in [0.1, 0.15) is 0 Å². The van der Waals surface area contributed by atoms with Gasteiger partial charge in [0.05, 0.1) is 6.61 Å². The lowest BCUT2D eigenvalue weighted by Crippen LogP contribution is -2.57. The molecule has 1 N–H and O–H groups in total. The van der Waals surface area contributed by atoms with Crippen molar-refractivity contribution in [1.82, 2.24) is 10.2 Å². The second-order valence-corrected chi connectivity index (χ2v) is 7.16. The smallest absolute Gasteiger partial charge is 0.0637 e. The van der Waals surface area contributed by atoms with E-state index in [-0.39, 0.29) is 0 Å². The van der Waals surface area contributed by atoms with Crippen molar-refractivity contribution >= 4 is 0 Å². The molecule has 2 unspecified atom stereocenters. The first-order valence-corrected chi connectivity index (χ1v) is 8.06. The monoisotopic (exact) mass is 268 g/mol. The minimum atomic E-state index is 0.555. The molecule has 1 heterocycles. The van der Waals surface area contributed by atoms with Gasteiger partial charge in [-0.3, -0.25) is 4.90 Å². The number of hydrogen-bond acceptors (Lipinski definition) is 3. The maximum atomic E-state index is 5.73. The van der Waals surface area contributed by atoms with Crippen LogP contribution in [0.15, 0.2) is 0 Å². The van der Waals surface area contributed by atoms with Crippen LogP contribution in [0.5, 0.6) is 0 Å². The molecule has 2 rings (SSSR count). The highest BCUT2D eigenvalue weighted by Gasteiger charge is 2.35. The number of likely N-dealkylation sites (N-methyl/N-ethyl adjacent to an activating group) is 2. The average Bonchev–Trinajstić information content (AvgIpc) is 2.39. The summed E-state index contributed by atoms with van der Waals surface area (Å²) < 4.78 is 5.73. The topological polar surface area (TPSA) is 24.5 Å². The zero-order valence-corrected chi connectivity index (χ0v) is 13.2. The van der Waals surface area contributed by atoms with Crippen LogP contribution in [0.25, 0.3) is 0 Å². The molecule has 1 saturated carbocycles. The van der Waals surface area contributed by atoms with Gasteiger partial charge in [0.2, 0.25) is 0 Å². The standard InChI is InChI=1S/C16H32N2O/c1-5-17-14-8-11-19-12-15(14)18(4)13-6-9-16(2,3)10-7-13/h13-15,17H,5-12H2,1-4H3. The van der Waals surface area contributed by atoms with Crippen LogP contribution in [0, 0.1) is 5.41 Å². The van der Waals surface area contributed by atoms with Gasteiger partial charge >= 0.3 is 0 Å². The van der Waals surface area contributed by atoms with E-state index in [1.165, 1.54) is 25.7 Å². The molecule has 0 aromatic heterocycles. The minimum Gasteiger partial charge on any atom is -0.380 e. The van der Waals surface area contributed by atoms with Gasteiger partial charge < -0.3 is 10.1 Å². The van der Waals surface area contributed by atoms with E-state index in [4.69, 9.17) is 4.74 Å². The lowest BCUT2D eigenvalue weighted by Gasteiger charge is -2.45. The molecule has 0 aromatic carbocycles. The molecule has 2 fully saturated rings. The van der Waals surface area contributed by atoms with Crippen molar-refractivity contribution in [3.63, 3.8) is 0 Å². The summed E-state index contributed by atoms with van der Waals surface area (Å²) in [4.78, 5) is 2.61. The number of ether oxygens (including phenoxy) is 1. The van der Waals surface area contributed by atoms with Crippen LogP contribution in [0.2, 0.25) is 0 Å². The molecule has 1 aliphatic carbocycles. The summed E-state index contributed by atoms with van der Waals surface area (Å²) in [6.45, 7) is 9.90. The predicted octanol–water partition coefficient (Wildman–Crippen LogP) is 2.65. The molecular formula is C16H32N2O. The molecule has 1 aliphatic heterocycles. The zero-order valence-electron chi connectivity index (χ0n) is 13.2. The summed E-state index contributed by atoms with van der Waals surface area (Å²) in [5, 5.41) is 3.65. The third-order valence-electron chi connectivity index (χ3n) is 5.20. The Balaban J connectivity index is 1.92. The van der Waals surface area contributed by atoms with Gasteiger partial charge in [-0.05, 0) is 51.1 Å². The zero-order chi connectivity index (χ0) is 13.9. The quantitative estimate of drug-likeness (QED) is 0.848. The van der Waals surface area contributed by atoms with Gasteiger partial charge in [0.15, 0.2) is 0 Å². The molecular weight excluding hydrogens is 236 g/mol. The highest BCUT2D eigenvalue weighted by Crippen LogP contribution is 2.37. The fraction of sp³-hybridized carbons (Fsp3) is 1.00. The maximum absolute atomic E-state index is 5.73. The first kappa shape index (κ1) is 15.3. The molecule has 112 valence electrons. The van der Waals surface area contributed by atoms with Crippen LogP contribution >= 0.6 is 0 Å². The van der Waals surface area contributed by atoms with Crippen molar-refractivity contribution in [2.45, 2.75) is 71.0 Å². The SMILES string of the molecule is CCNC1CCOCC1N(C)C1CCC(C)(C)CC1. The Bertz CT molecular complexity index is 268. The first-order chi connectivity index (χ1) is 9.03.